The van der Waals surface area contributed by atoms with Crippen LogP contribution in [0, 0.1) is 5.41 Å². The van der Waals surface area contributed by atoms with Gasteiger partial charge in [0, 0.05) is 12.4 Å². The van der Waals surface area contributed by atoms with Crippen LogP contribution in [0.1, 0.15) is 13.3 Å². The number of hydrogen-bond donors (Lipinski definition) is 1. The average molecular weight is 149 g/mol. The third kappa shape index (κ3) is 2.04. The maximum absolute atomic E-state index is 7.46. The second kappa shape index (κ2) is 3.71. The van der Waals surface area contributed by atoms with Gasteiger partial charge >= 0.3 is 0 Å². The van der Waals surface area contributed by atoms with Gasteiger partial charge in [-0.1, -0.05) is 13.0 Å². The Morgan fingerprint density at radius 1 is 1.73 bits per heavy atom. The average Bonchev–Trinajstić information content (AvgIpc) is 2.52. The topological polar surface area (TPSA) is 41.7 Å². The predicted octanol–water partition coefficient (Wildman–Crippen LogP) is 1.67. The van der Waals surface area contributed by atoms with Gasteiger partial charge in [-0.05, 0) is 18.6 Å². The summed E-state index contributed by atoms with van der Waals surface area (Å²) >= 11 is 0. The molecule has 0 saturated heterocycles. The molecule has 11 heavy (non-hydrogen) atoms. The van der Waals surface area contributed by atoms with E-state index in [1.807, 2.05) is 13.0 Å². The van der Waals surface area contributed by atoms with Crippen molar-refractivity contribution in [2.24, 2.45) is 0 Å². The van der Waals surface area contributed by atoms with Crippen molar-refractivity contribution in [2.75, 3.05) is 0 Å². The molecule has 1 heterocycles. The summed E-state index contributed by atoms with van der Waals surface area (Å²) in [6.07, 6.45) is 8.04. The van der Waals surface area contributed by atoms with E-state index in [1.54, 1.807) is 24.5 Å². The summed E-state index contributed by atoms with van der Waals surface area (Å²) in [6.45, 7) is 2.03. The van der Waals surface area contributed by atoms with Crippen LogP contribution in [0.4, 0.5) is 0 Å². The Bertz CT molecular complexity index is 246. The predicted molar refractivity (Wildman–Crippen MR) is 44.8 cm³/mol. The van der Waals surface area contributed by atoms with Gasteiger partial charge in [-0.3, -0.25) is 5.41 Å². The Labute approximate surface area is 65.9 Å². The van der Waals surface area contributed by atoms with Crippen LogP contribution in [0.5, 0.6) is 0 Å². The van der Waals surface area contributed by atoms with E-state index in [0.29, 0.717) is 5.84 Å². The molecule has 0 aromatic carbocycles. The quantitative estimate of drug-likeness (QED) is 0.504. The smallest absolute Gasteiger partial charge is 0.145 e. The molecule has 0 aliphatic heterocycles. The van der Waals surface area contributed by atoms with E-state index < -0.39 is 0 Å². The zero-order chi connectivity index (χ0) is 8.10. The second-order valence-corrected chi connectivity index (χ2v) is 2.15. The van der Waals surface area contributed by atoms with Crippen LogP contribution in [0.3, 0.4) is 0 Å². The zero-order valence-electron chi connectivity index (χ0n) is 6.49. The fourth-order valence-electron chi connectivity index (χ4n) is 0.717. The molecule has 0 aliphatic carbocycles. The van der Waals surface area contributed by atoms with Crippen molar-refractivity contribution in [2.45, 2.75) is 13.3 Å². The molecule has 1 N–H and O–H groups in total. The minimum Gasteiger partial charge on any atom is -0.283 e. The minimum absolute atomic E-state index is 0.400. The van der Waals surface area contributed by atoms with E-state index in [2.05, 4.69) is 5.10 Å². The van der Waals surface area contributed by atoms with E-state index in [-0.39, 0.29) is 0 Å². The van der Waals surface area contributed by atoms with E-state index in [1.165, 1.54) is 4.68 Å². The standard InChI is InChI=1S/C8H11N3/c1-2-3-5-8(9)11-7-4-6-10-11/h3-7,9H,2H2,1H3/b5-3-,9-8?. The molecule has 0 fully saturated rings. The van der Waals surface area contributed by atoms with Gasteiger partial charge in [0.05, 0.1) is 0 Å². The maximum Gasteiger partial charge on any atom is 0.145 e. The molecule has 0 amide bonds. The number of nitrogens with zero attached hydrogens (tertiary/aromatic N) is 2. The molecular weight excluding hydrogens is 138 g/mol. The Hall–Kier alpha value is -1.38. The van der Waals surface area contributed by atoms with Crippen molar-refractivity contribution in [1.82, 2.24) is 9.78 Å². The van der Waals surface area contributed by atoms with E-state index >= 15 is 0 Å². The van der Waals surface area contributed by atoms with Crippen molar-refractivity contribution in [3.05, 3.63) is 30.6 Å². The third-order valence-corrected chi connectivity index (χ3v) is 1.26. The first-order valence-electron chi connectivity index (χ1n) is 3.59. The summed E-state index contributed by atoms with van der Waals surface area (Å²) in [5.74, 6) is 0.400. The molecule has 0 saturated carbocycles. The van der Waals surface area contributed by atoms with E-state index in [0.717, 1.165) is 6.42 Å². The Morgan fingerprint density at radius 3 is 3.09 bits per heavy atom. The number of rotatable bonds is 2. The largest absolute Gasteiger partial charge is 0.283 e. The molecular formula is C8H11N3. The second-order valence-electron chi connectivity index (χ2n) is 2.15. The minimum atomic E-state index is 0.400. The molecule has 1 aromatic heterocycles. The van der Waals surface area contributed by atoms with Gasteiger partial charge in [-0.25, -0.2) is 4.68 Å². The van der Waals surface area contributed by atoms with Crippen LogP contribution in [0.2, 0.25) is 0 Å². The normalized spacial score (nSPS) is 10.6. The van der Waals surface area contributed by atoms with Crippen LogP contribution in [-0.4, -0.2) is 15.6 Å². The zero-order valence-corrected chi connectivity index (χ0v) is 6.49. The van der Waals surface area contributed by atoms with Crippen molar-refractivity contribution in [3.63, 3.8) is 0 Å². The first kappa shape index (κ1) is 7.72. The molecule has 0 radical (unpaired) electrons. The molecule has 1 rings (SSSR count). The molecule has 3 nitrogen and oxygen atoms in total. The Morgan fingerprint density at radius 2 is 2.55 bits per heavy atom. The third-order valence-electron chi connectivity index (χ3n) is 1.26. The van der Waals surface area contributed by atoms with Gasteiger partial charge in [0.2, 0.25) is 0 Å². The van der Waals surface area contributed by atoms with Crippen molar-refractivity contribution in [3.8, 4) is 0 Å². The Balaban J connectivity index is 2.64. The van der Waals surface area contributed by atoms with Crippen LogP contribution in [0.25, 0.3) is 0 Å². The molecule has 0 atom stereocenters. The van der Waals surface area contributed by atoms with E-state index in [4.69, 9.17) is 5.41 Å². The Kier molecular flexibility index (Phi) is 2.60. The van der Waals surface area contributed by atoms with Crippen LogP contribution in [-0.2, 0) is 0 Å². The monoisotopic (exact) mass is 149 g/mol. The van der Waals surface area contributed by atoms with Gasteiger partial charge in [0.25, 0.3) is 0 Å². The first-order valence-corrected chi connectivity index (χ1v) is 3.59. The molecule has 0 bridgehead atoms. The lowest BCUT2D eigenvalue weighted by atomic mass is 10.4. The number of hydrogen-bond acceptors (Lipinski definition) is 2. The molecule has 3 heteroatoms. The lowest BCUT2D eigenvalue weighted by Crippen LogP contribution is -2.06. The fourth-order valence-corrected chi connectivity index (χ4v) is 0.717. The molecule has 0 aliphatic rings. The molecule has 0 unspecified atom stereocenters. The van der Waals surface area contributed by atoms with Crippen LogP contribution < -0.4 is 0 Å². The van der Waals surface area contributed by atoms with Crippen molar-refractivity contribution < 1.29 is 0 Å². The first-order chi connectivity index (χ1) is 5.34. The van der Waals surface area contributed by atoms with E-state index in [9.17, 15) is 0 Å². The highest BCUT2D eigenvalue weighted by Gasteiger charge is 1.91. The fraction of sp³-hybridized carbons (Fsp3) is 0.250. The number of nitrogens with one attached hydrogen (secondary N) is 1. The summed E-state index contributed by atoms with van der Waals surface area (Å²) in [5, 5.41) is 11.4. The lowest BCUT2D eigenvalue weighted by Gasteiger charge is -1.94. The van der Waals surface area contributed by atoms with Crippen molar-refractivity contribution in [1.29, 1.82) is 5.41 Å². The highest BCUT2D eigenvalue weighted by Crippen LogP contribution is 1.87. The van der Waals surface area contributed by atoms with Crippen LogP contribution in [0.15, 0.2) is 30.6 Å². The molecule has 0 spiro atoms. The van der Waals surface area contributed by atoms with Gasteiger partial charge in [-0.2, -0.15) is 5.10 Å². The maximum atomic E-state index is 7.46. The summed E-state index contributed by atoms with van der Waals surface area (Å²) < 4.78 is 1.52. The van der Waals surface area contributed by atoms with Crippen LogP contribution >= 0.6 is 0 Å². The number of allylic oxidation sites excluding steroid dienone is 2. The summed E-state index contributed by atoms with van der Waals surface area (Å²) in [4.78, 5) is 0. The lowest BCUT2D eigenvalue weighted by molar-refractivity contribution is 0.929. The van der Waals surface area contributed by atoms with Gasteiger partial charge in [0.15, 0.2) is 0 Å². The molecule has 58 valence electrons. The summed E-state index contributed by atoms with van der Waals surface area (Å²) in [5.41, 5.74) is 0. The SMILES string of the molecule is CC/C=C\C(=N)n1cccn1. The summed E-state index contributed by atoms with van der Waals surface area (Å²) in [6, 6.07) is 1.80. The van der Waals surface area contributed by atoms with Crippen molar-refractivity contribution >= 4 is 5.84 Å². The molecule has 1 aromatic rings. The highest BCUT2D eigenvalue weighted by atomic mass is 15.3. The van der Waals surface area contributed by atoms with Gasteiger partial charge in [-0.15, -0.1) is 0 Å². The van der Waals surface area contributed by atoms with Gasteiger partial charge < -0.3 is 0 Å². The van der Waals surface area contributed by atoms with Gasteiger partial charge in [0.1, 0.15) is 5.84 Å². The number of aromatic nitrogens is 2. The highest BCUT2D eigenvalue weighted by molar-refractivity contribution is 5.91. The summed E-state index contributed by atoms with van der Waals surface area (Å²) in [7, 11) is 0.